The third-order valence-electron chi connectivity index (χ3n) is 15.0. The third kappa shape index (κ3) is 5.74. The molecule has 2 aromatic heterocycles. The van der Waals surface area contributed by atoms with E-state index in [1.165, 1.54) is 133 Å². The van der Waals surface area contributed by atoms with Crippen molar-refractivity contribution in [1.82, 2.24) is 9.13 Å². The Morgan fingerprint density at radius 2 is 0.803 bits per heavy atom. The minimum Gasteiger partial charge on any atom is -0.313 e. The number of benzene rings is 9. The second-order valence-corrected chi connectivity index (χ2v) is 18.6. The van der Waals surface area contributed by atoms with Crippen molar-refractivity contribution in [3.63, 3.8) is 0 Å². The first-order chi connectivity index (χ1) is 32.7. The minimum absolute atomic E-state index is 0.998. The fourth-order valence-corrected chi connectivity index (χ4v) is 12.1. The highest BCUT2D eigenvalue weighted by atomic mass is 15.0. The Morgan fingerprint density at radius 3 is 1.42 bits per heavy atom. The van der Waals surface area contributed by atoms with Crippen molar-refractivity contribution >= 4 is 44.4 Å². The fraction of sp³-hybridized carbons (Fsp3) is 0.0938. The van der Waals surface area contributed by atoms with Gasteiger partial charge < -0.3 is 9.13 Å². The monoisotopic (exact) mass is 842 g/mol. The maximum absolute atomic E-state index is 2.65. The molecule has 0 fully saturated rings. The van der Waals surface area contributed by atoms with Crippen molar-refractivity contribution in [3.8, 4) is 55.9 Å². The highest BCUT2D eigenvalue weighted by Crippen LogP contribution is 2.52. The average Bonchev–Trinajstić information content (AvgIpc) is 3.91. The number of nitrogens with zero attached hydrogens (tertiary/aromatic N) is 2. The van der Waals surface area contributed by atoms with E-state index in [4.69, 9.17) is 0 Å². The molecule has 0 radical (unpaired) electrons. The van der Waals surface area contributed by atoms with Crippen LogP contribution >= 0.6 is 0 Å². The van der Waals surface area contributed by atoms with Gasteiger partial charge in [-0.25, -0.2) is 0 Å². The molecule has 2 nitrogen and oxygen atoms in total. The first kappa shape index (κ1) is 37.4. The van der Waals surface area contributed by atoms with E-state index in [2.05, 4.69) is 215 Å². The number of aromatic nitrogens is 2. The number of hydrogen-bond donors (Lipinski definition) is 0. The molecule has 312 valence electrons. The Hall–Kier alpha value is -7.94. The summed E-state index contributed by atoms with van der Waals surface area (Å²) in [4.78, 5) is 0. The first-order valence-corrected chi connectivity index (χ1v) is 23.7. The van der Waals surface area contributed by atoms with Crippen LogP contribution in [0.15, 0.2) is 200 Å². The summed E-state index contributed by atoms with van der Waals surface area (Å²) in [6.07, 6.45) is 8.65. The molecule has 2 heteroatoms. The normalized spacial score (nSPS) is 13.8. The molecular formula is C64H46N2. The second-order valence-electron chi connectivity index (χ2n) is 18.6. The molecule has 11 aromatic rings. The molecule has 0 amide bonds. The summed E-state index contributed by atoms with van der Waals surface area (Å²) in [5.41, 5.74) is 28.7. The van der Waals surface area contributed by atoms with Crippen molar-refractivity contribution < 1.29 is 0 Å². The molecule has 66 heavy (non-hydrogen) atoms. The second kappa shape index (κ2) is 14.8. The number of fused-ring (bicyclic) bond motifs is 8. The highest BCUT2D eigenvalue weighted by Gasteiger charge is 2.34. The Balaban J connectivity index is 0.983. The highest BCUT2D eigenvalue weighted by molar-refractivity contribution is 6.15. The lowest BCUT2D eigenvalue weighted by Crippen LogP contribution is -2.16. The van der Waals surface area contributed by atoms with Crippen LogP contribution in [0.3, 0.4) is 0 Å². The molecule has 3 aliphatic rings. The number of aryl methyl sites for hydroxylation is 4. The molecule has 3 aliphatic carbocycles. The van der Waals surface area contributed by atoms with Gasteiger partial charge in [-0.3, -0.25) is 0 Å². The number of allylic oxidation sites excluding steroid dienone is 1. The molecule has 0 bridgehead atoms. The minimum atomic E-state index is 0.998. The maximum Gasteiger partial charge on any atom is 0.0579 e. The van der Waals surface area contributed by atoms with Crippen molar-refractivity contribution in [3.05, 3.63) is 239 Å². The van der Waals surface area contributed by atoms with Crippen molar-refractivity contribution in [2.45, 2.75) is 38.5 Å². The number of hydrogen-bond acceptors (Lipinski definition) is 0. The summed E-state index contributed by atoms with van der Waals surface area (Å²) < 4.78 is 5.23. The van der Waals surface area contributed by atoms with E-state index >= 15 is 0 Å². The predicted octanol–water partition coefficient (Wildman–Crippen LogP) is 16.1. The first-order valence-electron chi connectivity index (χ1n) is 23.7. The summed E-state index contributed by atoms with van der Waals surface area (Å²) >= 11 is 0. The maximum atomic E-state index is 2.65. The Bertz CT molecular complexity index is 3770. The molecule has 0 saturated carbocycles. The van der Waals surface area contributed by atoms with Gasteiger partial charge in [0.05, 0.1) is 16.6 Å². The molecule has 0 saturated heterocycles. The van der Waals surface area contributed by atoms with Gasteiger partial charge in [-0.15, -0.1) is 0 Å². The lowest BCUT2D eigenvalue weighted by atomic mass is 9.73. The van der Waals surface area contributed by atoms with Crippen molar-refractivity contribution in [1.29, 1.82) is 0 Å². The summed E-state index contributed by atoms with van der Waals surface area (Å²) in [5.74, 6) is 0. The van der Waals surface area contributed by atoms with Crippen LogP contribution in [0.5, 0.6) is 0 Å². The van der Waals surface area contributed by atoms with Crippen LogP contribution in [0.4, 0.5) is 0 Å². The smallest absolute Gasteiger partial charge is 0.0579 e. The zero-order valence-corrected chi connectivity index (χ0v) is 36.8. The molecule has 0 N–H and O–H groups in total. The van der Waals surface area contributed by atoms with Crippen LogP contribution in [0.25, 0.3) is 100 Å². The summed E-state index contributed by atoms with van der Waals surface area (Å²) in [6, 6.07) is 74.4. The van der Waals surface area contributed by atoms with E-state index in [1.807, 2.05) is 0 Å². The number of rotatable bonds is 6. The van der Waals surface area contributed by atoms with E-state index in [9.17, 15) is 0 Å². The Morgan fingerprint density at radius 1 is 0.318 bits per heavy atom. The topological polar surface area (TPSA) is 9.86 Å². The van der Waals surface area contributed by atoms with Crippen molar-refractivity contribution in [2.24, 2.45) is 0 Å². The van der Waals surface area contributed by atoms with Gasteiger partial charge >= 0.3 is 0 Å². The Kier molecular flexibility index (Phi) is 8.40. The summed E-state index contributed by atoms with van der Waals surface area (Å²) in [5, 5.41) is 4.10. The Labute approximate surface area is 385 Å². The predicted molar refractivity (Wildman–Crippen MR) is 277 cm³/mol. The van der Waals surface area contributed by atoms with E-state index in [0.29, 0.717) is 0 Å². The zero-order valence-electron chi connectivity index (χ0n) is 36.8. The van der Waals surface area contributed by atoms with Crippen LogP contribution in [-0.2, 0) is 32.1 Å². The standard InChI is InChI=1S/C64H46N2/c1-5-15-41(16-6-1)43-19-13-21-45(35-43)47-29-33-59-55(37-47)57-39-49-27-28-50-40-58-56-38-48(46-22-14-20-44(36-46)42-17-7-2-8-18-42)30-34-60(56)66(52-25-11-4-12-26-52)64(58)54-32-31-53(61(49)62(50)54)63(57)65(59)51-23-9-3-10-24-51/h1-26,29,33,35-40H,27-28,30-32,34H2. The van der Waals surface area contributed by atoms with E-state index in [-0.39, 0.29) is 0 Å². The van der Waals surface area contributed by atoms with Gasteiger partial charge in [-0.1, -0.05) is 140 Å². The van der Waals surface area contributed by atoms with Crippen LogP contribution in [0.2, 0.25) is 0 Å². The molecule has 0 unspecified atom stereocenters. The fourth-order valence-electron chi connectivity index (χ4n) is 12.1. The van der Waals surface area contributed by atoms with Crippen LogP contribution in [0, 0.1) is 0 Å². The molecule has 0 spiro atoms. The quantitative estimate of drug-likeness (QED) is 0.158. The lowest BCUT2D eigenvalue weighted by molar-refractivity contribution is 0.870. The lowest BCUT2D eigenvalue weighted by Gasteiger charge is -2.31. The van der Waals surface area contributed by atoms with Gasteiger partial charge in [0.15, 0.2) is 0 Å². The van der Waals surface area contributed by atoms with Gasteiger partial charge in [0.2, 0.25) is 0 Å². The average molecular weight is 843 g/mol. The van der Waals surface area contributed by atoms with Gasteiger partial charge in [-0.05, 0) is 183 Å². The van der Waals surface area contributed by atoms with E-state index in [1.54, 1.807) is 0 Å². The molecule has 0 aliphatic heterocycles. The SMILES string of the molecule is C1=C(c2cccc(-c3ccccc3)c2)CCc2c1c1cc3c4c(c1n2-c1ccccc1)CCc1c-4c(cc2c4cc(-c5cccc(-c6ccccc6)c5)ccc4n(-c4ccccc4)c12)CC3. The molecule has 14 rings (SSSR count). The van der Waals surface area contributed by atoms with Gasteiger partial charge in [-0.2, -0.15) is 0 Å². The molecular weight excluding hydrogens is 797 g/mol. The van der Waals surface area contributed by atoms with E-state index in [0.717, 1.165) is 38.5 Å². The third-order valence-corrected chi connectivity index (χ3v) is 15.0. The van der Waals surface area contributed by atoms with Crippen molar-refractivity contribution in [2.75, 3.05) is 0 Å². The van der Waals surface area contributed by atoms with Gasteiger partial charge in [0, 0.05) is 38.8 Å². The van der Waals surface area contributed by atoms with Crippen LogP contribution < -0.4 is 0 Å². The van der Waals surface area contributed by atoms with Gasteiger partial charge in [0.25, 0.3) is 0 Å². The number of para-hydroxylation sites is 2. The molecule has 2 heterocycles. The van der Waals surface area contributed by atoms with Gasteiger partial charge in [0.1, 0.15) is 0 Å². The van der Waals surface area contributed by atoms with E-state index < -0.39 is 0 Å². The van der Waals surface area contributed by atoms with Crippen LogP contribution in [-0.4, -0.2) is 9.13 Å². The largest absolute Gasteiger partial charge is 0.313 e. The van der Waals surface area contributed by atoms with Crippen LogP contribution in [0.1, 0.15) is 45.5 Å². The zero-order chi connectivity index (χ0) is 43.3. The molecule has 0 atom stereocenters. The summed E-state index contributed by atoms with van der Waals surface area (Å²) in [6.45, 7) is 0. The molecule has 9 aromatic carbocycles. The summed E-state index contributed by atoms with van der Waals surface area (Å²) in [7, 11) is 0.